The maximum Gasteiger partial charge on any atom is 0.163 e. The van der Waals surface area contributed by atoms with Gasteiger partial charge < -0.3 is 14.2 Å². The minimum Gasteiger partial charge on any atom is -0.378 e. The lowest BCUT2D eigenvalue weighted by Crippen LogP contribution is -2.25. The third-order valence-corrected chi connectivity index (χ3v) is 4.12. The van der Waals surface area contributed by atoms with Gasteiger partial charge in [-0.1, -0.05) is 12.2 Å². The van der Waals surface area contributed by atoms with Crippen molar-refractivity contribution in [1.29, 1.82) is 0 Å². The van der Waals surface area contributed by atoms with Gasteiger partial charge in [0.2, 0.25) is 0 Å². The van der Waals surface area contributed by atoms with Gasteiger partial charge in [-0.2, -0.15) is 0 Å². The molecule has 96 valence electrons. The van der Waals surface area contributed by atoms with Gasteiger partial charge in [0.05, 0.1) is 19.8 Å². The van der Waals surface area contributed by atoms with E-state index in [9.17, 15) is 0 Å². The lowest BCUT2D eigenvalue weighted by molar-refractivity contribution is -0.145. The highest BCUT2D eigenvalue weighted by molar-refractivity contribution is 5.09. The molecule has 0 N–H and O–H groups in total. The van der Waals surface area contributed by atoms with E-state index in [0.29, 0.717) is 13.2 Å². The predicted octanol–water partition coefficient (Wildman–Crippen LogP) is 2.37. The van der Waals surface area contributed by atoms with Crippen LogP contribution in [0.5, 0.6) is 0 Å². The predicted molar refractivity (Wildman–Crippen MR) is 64.6 cm³/mol. The molecule has 1 saturated heterocycles. The van der Waals surface area contributed by atoms with Gasteiger partial charge in [0, 0.05) is 0 Å². The van der Waals surface area contributed by atoms with Crippen LogP contribution in [-0.4, -0.2) is 31.7 Å². The molecule has 0 aromatic carbocycles. The summed E-state index contributed by atoms with van der Waals surface area (Å²) in [6.45, 7) is 6.11. The highest BCUT2D eigenvalue weighted by Crippen LogP contribution is 2.43. The monoisotopic (exact) mass is 238 g/mol. The fourth-order valence-corrected chi connectivity index (χ4v) is 3.28. The van der Waals surface area contributed by atoms with E-state index in [1.165, 1.54) is 12.8 Å². The highest BCUT2D eigenvalue weighted by atomic mass is 16.7. The molecule has 0 amide bonds. The van der Waals surface area contributed by atoms with Crippen LogP contribution in [0, 0.1) is 17.8 Å². The van der Waals surface area contributed by atoms with Crippen molar-refractivity contribution in [2.75, 3.05) is 19.8 Å². The van der Waals surface area contributed by atoms with Crippen LogP contribution in [0.2, 0.25) is 0 Å². The lowest BCUT2D eigenvalue weighted by Gasteiger charge is -2.20. The van der Waals surface area contributed by atoms with Crippen molar-refractivity contribution in [3.63, 3.8) is 0 Å². The maximum atomic E-state index is 5.81. The first-order valence-corrected chi connectivity index (χ1v) is 6.70. The minimum absolute atomic E-state index is 0.110. The first-order chi connectivity index (χ1) is 8.12. The summed E-state index contributed by atoms with van der Waals surface area (Å²) in [5.74, 6) is 1.92. The van der Waals surface area contributed by atoms with Crippen LogP contribution in [0.3, 0.4) is 0 Å². The molecule has 3 nitrogen and oxygen atoms in total. The Bertz CT molecular complexity index is 311. The van der Waals surface area contributed by atoms with Gasteiger partial charge >= 0.3 is 0 Å². The van der Waals surface area contributed by atoms with Gasteiger partial charge in [-0.15, -0.1) is 0 Å². The Balaban J connectivity index is 1.37. The van der Waals surface area contributed by atoms with Gasteiger partial charge in [-0.05, 0) is 44.4 Å². The van der Waals surface area contributed by atoms with Crippen LogP contribution in [0.25, 0.3) is 0 Å². The van der Waals surface area contributed by atoms with E-state index in [0.717, 1.165) is 24.4 Å². The van der Waals surface area contributed by atoms with Crippen molar-refractivity contribution >= 4 is 0 Å². The van der Waals surface area contributed by atoms with Gasteiger partial charge in [0.1, 0.15) is 6.10 Å². The topological polar surface area (TPSA) is 27.7 Å². The average molecular weight is 238 g/mol. The molecule has 2 bridgehead atoms. The summed E-state index contributed by atoms with van der Waals surface area (Å²) in [4.78, 5) is 0. The standard InChI is InChI=1S/C14H22O3/c1-14(2)16-9-13(17-14)8-15-7-12-6-10-3-4-11(12)5-10/h3-4,10-13H,5-9H2,1-2H3. The van der Waals surface area contributed by atoms with E-state index in [4.69, 9.17) is 14.2 Å². The second-order valence-electron chi connectivity index (χ2n) is 6.03. The molecule has 0 aromatic rings. The summed E-state index contributed by atoms with van der Waals surface area (Å²) >= 11 is 0. The zero-order valence-electron chi connectivity index (χ0n) is 10.7. The number of rotatable bonds is 4. The molecule has 1 heterocycles. The third-order valence-electron chi connectivity index (χ3n) is 4.12. The Labute approximate surface area is 103 Å². The Hall–Kier alpha value is -0.380. The molecule has 0 radical (unpaired) electrons. The Kier molecular flexibility index (Phi) is 3.01. The largest absolute Gasteiger partial charge is 0.378 e. The molecule has 0 aromatic heterocycles. The van der Waals surface area contributed by atoms with Crippen LogP contribution in [0.1, 0.15) is 26.7 Å². The molecule has 1 aliphatic heterocycles. The molecule has 0 spiro atoms. The lowest BCUT2D eigenvalue weighted by atomic mass is 9.95. The van der Waals surface area contributed by atoms with Gasteiger partial charge in [-0.25, -0.2) is 0 Å². The smallest absolute Gasteiger partial charge is 0.163 e. The van der Waals surface area contributed by atoms with Crippen LogP contribution in [0.15, 0.2) is 12.2 Å². The molecular formula is C14H22O3. The van der Waals surface area contributed by atoms with Crippen molar-refractivity contribution in [1.82, 2.24) is 0 Å². The van der Waals surface area contributed by atoms with E-state index < -0.39 is 5.79 Å². The van der Waals surface area contributed by atoms with Gasteiger partial charge in [0.15, 0.2) is 5.79 Å². The molecule has 4 atom stereocenters. The molecule has 17 heavy (non-hydrogen) atoms. The van der Waals surface area contributed by atoms with Crippen molar-refractivity contribution in [2.24, 2.45) is 17.8 Å². The summed E-state index contributed by atoms with van der Waals surface area (Å²) in [6, 6.07) is 0. The first-order valence-electron chi connectivity index (χ1n) is 6.70. The zero-order chi connectivity index (χ0) is 11.9. The SMILES string of the molecule is CC1(C)OCC(COCC2CC3C=CC2C3)O1. The summed E-state index contributed by atoms with van der Waals surface area (Å²) in [7, 11) is 0. The summed E-state index contributed by atoms with van der Waals surface area (Å²) < 4.78 is 17.0. The Morgan fingerprint density at radius 3 is 2.71 bits per heavy atom. The van der Waals surface area contributed by atoms with E-state index in [1.54, 1.807) is 0 Å². The zero-order valence-corrected chi connectivity index (χ0v) is 10.7. The number of hydrogen-bond acceptors (Lipinski definition) is 3. The van der Waals surface area contributed by atoms with Crippen LogP contribution >= 0.6 is 0 Å². The molecule has 3 rings (SSSR count). The quantitative estimate of drug-likeness (QED) is 0.704. The minimum atomic E-state index is -0.427. The van der Waals surface area contributed by atoms with Crippen LogP contribution in [-0.2, 0) is 14.2 Å². The second-order valence-corrected chi connectivity index (χ2v) is 6.03. The van der Waals surface area contributed by atoms with Crippen molar-refractivity contribution in [3.8, 4) is 0 Å². The fourth-order valence-electron chi connectivity index (χ4n) is 3.28. The summed E-state index contributed by atoms with van der Waals surface area (Å²) in [5.41, 5.74) is 0. The maximum absolute atomic E-state index is 5.81. The first kappa shape index (κ1) is 11.7. The summed E-state index contributed by atoms with van der Waals surface area (Å²) in [5, 5.41) is 0. The molecule has 3 aliphatic rings. The molecule has 3 heteroatoms. The normalized spacial score (nSPS) is 42.5. The molecule has 2 aliphatic carbocycles. The van der Waals surface area contributed by atoms with Crippen molar-refractivity contribution in [3.05, 3.63) is 12.2 Å². The van der Waals surface area contributed by atoms with E-state index >= 15 is 0 Å². The van der Waals surface area contributed by atoms with Gasteiger partial charge in [0.25, 0.3) is 0 Å². The van der Waals surface area contributed by atoms with E-state index in [-0.39, 0.29) is 6.10 Å². The Morgan fingerprint density at radius 1 is 1.24 bits per heavy atom. The van der Waals surface area contributed by atoms with E-state index in [1.807, 2.05) is 13.8 Å². The third kappa shape index (κ3) is 2.56. The number of hydrogen-bond donors (Lipinski definition) is 0. The molecule has 4 unspecified atom stereocenters. The van der Waals surface area contributed by atoms with E-state index in [2.05, 4.69) is 12.2 Å². The Morgan fingerprint density at radius 2 is 2.12 bits per heavy atom. The van der Waals surface area contributed by atoms with Crippen molar-refractivity contribution in [2.45, 2.75) is 38.6 Å². The molecule has 2 fully saturated rings. The number of fused-ring (bicyclic) bond motifs is 2. The molecular weight excluding hydrogens is 216 g/mol. The molecule has 1 saturated carbocycles. The van der Waals surface area contributed by atoms with Crippen LogP contribution in [0.4, 0.5) is 0 Å². The highest BCUT2D eigenvalue weighted by Gasteiger charge is 2.36. The number of allylic oxidation sites excluding steroid dienone is 2. The van der Waals surface area contributed by atoms with Gasteiger partial charge in [-0.3, -0.25) is 0 Å². The summed E-state index contributed by atoms with van der Waals surface area (Å²) in [6.07, 6.45) is 7.52. The second kappa shape index (κ2) is 4.38. The average Bonchev–Trinajstić information content (AvgIpc) is 2.93. The number of ether oxygens (including phenoxy) is 3. The van der Waals surface area contributed by atoms with Crippen LogP contribution < -0.4 is 0 Å². The fraction of sp³-hybridized carbons (Fsp3) is 0.857. The van der Waals surface area contributed by atoms with Crippen molar-refractivity contribution < 1.29 is 14.2 Å².